The summed E-state index contributed by atoms with van der Waals surface area (Å²) in [6.45, 7) is 0.524. The molecule has 3 heterocycles. The van der Waals surface area contributed by atoms with Crippen LogP contribution >= 0.6 is 0 Å². The van der Waals surface area contributed by atoms with Gasteiger partial charge in [-0.25, -0.2) is 13.8 Å². The first-order valence-electron chi connectivity index (χ1n) is 7.13. The Labute approximate surface area is 125 Å². The Kier molecular flexibility index (Phi) is 2.94. The molecule has 1 aromatic carbocycles. The van der Waals surface area contributed by atoms with Crippen LogP contribution in [0.25, 0.3) is 11.0 Å². The number of hydrogen-bond donors (Lipinski definition) is 1. The van der Waals surface area contributed by atoms with Gasteiger partial charge in [0.2, 0.25) is 0 Å². The number of benzene rings is 1. The maximum Gasteiger partial charge on any atom is 0.126 e. The van der Waals surface area contributed by atoms with E-state index in [0.717, 1.165) is 29.0 Å². The SMILES string of the molecule is N[C@H]1Cn2c(nc3cnccc32)CC1c1cc(F)ccc1F. The Balaban J connectivity index is 1.80. The summed E-state index contributed by atoms with van der Waals surface area (Å²) < 4.78 is 29.5. The van der Waals surface area contributed by atoms with Crippen LogP contribution in [-0.4, -0.2) is 20.6 Å². The van der Waals surface area contributed by atoms with Gasteiger partial charge in [-0.05, 0) is 29.8 Å². The summed E-state index contributed by atoms with van der Waals surface area (Å²) in [4.78, 5) is 8.61. The molecular weight excluding hydrogens is 286 g/mol. The lowest BCUT2D eigenvalue weighted by molar-refractivity contribution is 0.395. The zero-order valence-electron chi connectivity index (χ0n) is 11.7. The minimum absolute atomic E-state index is 0.284. The molecule has 1 aliphatic rings. The summed E-state index contributed by atoms with van der Waals surface area (Å²) in [6.07, 6.45) is 3.89. The second-order valence-electron chi connectivity index (χ2n) is 5.64. The van der Waals surface area contributed by atoms with E-state index in [1.54, 1.807) is 12.4 Å². The van der Waals surface area contributed by atoms with Gasteiger partial charge in [0.1, 0.15) is 23.0 Å². The molecule has 0 saturated heterocycles. The number of nitrogens with zero attached hydrogens (tertiary/aromatic N) is 3. The summed E-state index contributed by atoms with van der Waals surface area (Å²) in [7, 11) is 0. The fourth-order valence-corrected chi connectivity index (χ4v) is 3.22. The van der Waals surface area contributed by atoms with Crippen LogP contribution in [0.3, 0.4) is 0 Å². The lowest BCUT2D eigenvalue weighted by Gasteiger charge is -2.30. The molecule has 4 nitrogen and oxygen atoms in total. The molecule has 4 rings (SSSR count). The fourth-order valence-electron chi connectivity index (χ4n) is 3.22. The third kappa shape index (κ3) is 1.99. The van der Waals surface area contributed by atoms with Gasteiger partial charge in [-0.15, -0.1) is 0 Å². The summed E-state index contributed by atoms with van der Waals surface area (Å²) in [5, 5.41) is 0. The summed E-state index contributed by atoms with van der Waals surface area (Å²) in [6, 6.07) is 5.10. The highest BCUT2D eigenvalue weighted by atomic mass is 19.1. The molecular formula is C16H14F2N4. The van der Waals surface area contributed by atoms with Crippen LogP contribution in [0.1, 0.15) is 17.3 Å². The highest BCUT2D eigenvalue weighted by molar-refractivity contribution is 5.74. The van der Waals surface area contributed by atoms with Crippen LogP contribution in [-0.2, 0) is 13.0 Å². The van der Waals surface area contributed by atoms with E-state index in [2.05, 4.69) is 9.97 Å². The first-order valence-corrected chi connectivity index (χ1v) is 7.13. The predicted molar refractivity (Wildman–Crippen MR) is 78.3 cm³/mol. The Morgan fingerprint density at radius 2 is 2.09 bits per heavy atom. The Bertz CT molecular complexity index is 858. The minimum Gasteiger partial charge on any atom is -0.326 e. The molecule has 0 saturated carbocycles. The predicted octanol–water partition coefficient (Wildman–Crippen LogP) is 2.38. The van der Waals surface area contributed by atoms with Crippen LogP contribution < -0.4 is 5.73 Å². The van der Waals surface area contributed by atoms with E-state index in [1.165, 1.54) is 6.07 Å². The smallest absolute Gasteiger partial charge is 0.126 e. The van der Waals surface area contributed by atoms with E-state index in [1.807, 2.05) is 10.6 Å². The van der Waals surface area contributed by atoms with Crippen molar-refractivity contribution in [3.8, 4) is 0 Å². The van der Waals surface area contributed by atoms with E-state index < -0.39 is 11.6 Å². The summed E-state index contributed by atoms with van der Waals surface area (Å²) in [5.41, 5.74) is 8.33. The fraction of sp³-hybridized carbons (Fsp3) is 0.250. The molecule has 0 radical (unpaired) electrons. The van der Waals surface area contributed by atoms with Gasteiger partial charge >= 0.3 is 0 Å². The molecule has 0 spiro atoms. The molecule has 0 fully saturated rings. The van der Waals surface area contributed by atoms with E-state index in [9.17, 15) is 8.78 Å². The second kappa shape index (κ2) is 4.84. The molecule has 1 unspecified atom stereocenters. The van der Waals surface area contributed by atoms with Crippen molar-refractivity contribution in [1.82, 2.24) is 14.5 Å². The number of nitrogens with two attached hydrogens (primary N) is 1. The molecule has 1 aliphatic heterocycles. The topological polar surface area (TPSA) is 56.7 Å². The van der Waals surface area contributed by atoms with Crippen molar-refractivity contribution in [2.75, 3.05) is 0 Å². The molecule has 0 amide bonds. The van der Waals surface area contributed by atoms with Crippen LogP contribution in [0.2, 0.25) is 0 Å². The first-order chi connectivity index (χ1) is 10.6. The van der Waals surface area contributed by atoms with Crippen molar-refractivity contribution in [2.24, 2.45) is 5.73 Å². The van der Waals surface area contributed by atoms with Gasteiger partial charge in [0.05, 0.1) is 11.7 Å². The number of rotatable bonds is 1. The van der Waals surface area contributed by atoms with E-state index in [0.29, 0.717) is 18.5 Å². The van der Waals surface area contributed by atoms with Crippen molar-refractivity contribution in [3.63, 3.8) is 0 Å². The van der Waals surface area contributed by atoms with Gasteiger partial charge in [-0.3, -0.25) is 4.98 Å². The maximum atomic E-state index is 14.0. The van der Waals surface area contributed by atoms with Crippen LogP contribution in [0.15, 0.2) is 36.7 Å². The highest BCUT2D eigenvalue weighted by Gasteiger charge is 2.31. The van der Waals surface area contributed by atoms with Gasteiger partial charge in [0.15, 0.2) is 0 Å². The second-order valence-corrected chi connectivity index (χ2v) is 5.64. The van der Waals surface area contributed by atoms with Gasteiger partial charge in [0, 0.05) is 31.1 Å². The van der Waals surface area contributed by atoms with E-state index in [-0.39, 0.29) is 12.0 Å². The Hall–Kier alpha value is -2.34. The average Bonchev–Trinajstić information content (AvgIpc) is 2.87. The number of hydrogen-bond acceptors (Lipinski definition) is 3. The molecule has 2 N–H and O–H groups in total. The quantitative estimate of drug-likeness (QED) is 0.750. The Morgan fingerprint density at radius 3 is 2.95 bits per heavy atom. The van der Waals surface area contributed by atoms with Crippen LogP contribution in [0, 0.1) is 11.6 Å². The zero-order valence-corrected chi connectivity index (χ0v) is 11.7. The lowest BCUT2D eigenvalue weighted by atomic mass is 9.86. The van der Waals surface area contributed by atoms with Crippen molar-refractivity contribution in [2.45, 2.75) is 24.9 Å². The van der Waals surface area contributed by atoms with E-state index >= 15 is 0 Å². The number of fused-ring (bicyclic) bond motifs is 3. The van der Waals surface area contributed by atoms with Crippen molar-refractivity contribution in [1.29, 1.82) is 0 Å². The number of imidazole rings is 1. The lowest BCUT2D eigenvalue weighted by Crippen LogP contribution is -2.39. The monoisotopic (exact) mass is 300 g/mol. The van der Waals surface area contributed by atoms with Crippen molar-refractivity contribution in [3.05, 3.63) is 59.7 Å². The normalized spacial score (nSPS) is 21.0. The molecule has 6 heteroatoms. The molecule has 2 aromatic heterocycles. The number of aromatic nitrogens is 3. The van der Waals surface area contributed by atoms with Crippen LogP contribution in [0.4, 0.5) is 8.78 Å². The maximum absolute atomic E-state index is 14.0. The molecule has 3 aromatic rings. The molecule has 22 heavy (non-hydrogen) atoms. The standard InChI is InChI=1S/C16H14F2N4/c17-9-1-2-12(18)10(5-9)11-6-16-21-14-7-20-4-3-15(14)22(16)8-13(11)19/h1-5,7,11,13H,6,8,19H2/t11?,13-/m0/s1. The third-order valence-corrected chi connectivity index (χ3v) is 4.30. The van der Waals surface area contributed by atoms with Gasteiger partial charge in [-0.2, -0.15) is 0 Å². The minimum atomic E-state index is -0.452. The largest absolute Gasteiger partial charge is 0.326 e. The zero-order chi connectivity index (χ0) is 15.3. The first kappa shape index (κ1) is 13.3. The van der Waals surface area contributed by atoms with Crippen molar-refractivity contribution < 1.29 is 8.78 Å². The average molecular weight is 300 g/mol. The molecule has 2 atom stereocenters. The van der Waals surface area contributed by atoms with Gasteiger partial charge in [-0.1, -0.05) is 0 Å². The third-order valence-electron chi connectivity index (χ3n) is 4.30. The molecule has 0 bridgehead atoms. The number of halogens is 2. The highest BCUT2D eigenvalue weighted by Crippen LogP contribution is 2.32. The van der Waals surface area contributed by atoms with E-state index in [4.69, 9.17) is 5.73 Å². The summed E-state index contributed by atoms with van der Waals surface area (Å²) in [5.74, 6) is -0.328. The van der Waals surface area contributed by atoms with Crippen LogP contribution in [0.5, 0.6) is 0 Å². The summed E-state index contributed by atoms with van der Waals surface area (Å²) >= 11 is 0. The van der Waals surface area contributed by atoms with Gasteiger partial charge in [0.25, 0.3) is 0 Å². The van der Waals surface area contributed by atoms with Gasteiger partial charge < -0.3 is 10.3 Å². The molecule has 0 aliphatic carbocycles. The van der Waals surface area contributed by atoms with Crippen molar-refractivity contribution >= 4 is 11.0 Å². The number of pyridine rings is 1. The molecule has 112 valence electrons. The Morgan fingerprint density at radius 1 is 1.23 bits per heavy atom.